The Balaban J connectivity index is 2.03. The highest BCUT2D eigenvalue weighted by atomic mass is 79.9. The predicted molar refractivity (Wildman–Crippen MR) is 80.2 cm³/mol. The van der Waals surface area contributed by atoms with E-state index in [1.165, 1.54) is 12.1 Å². The fourth-order valence-electron chi connectivity index (χ4n) is 2.13. The molecule has 0 aliphatic rings. The maximum Gasteiger partial charge on any atom is 0.124 e. The molecule has 96 valence electrons. The number of rotatable bonds is 2. The van der Waals surface area contributed by atoms with Crippen LogP contribution in [0.1, 0.15) is 5.56 Å². The lowest BCUT2D eigenvalue weighted by atomic mass is 10.2. The highest BCUT2D eigenvalue weighted by Crippen LogP contribution is 2.24. The highest BCUT2D eigenvalue weighted by molar-refractivity contribution is 9.10. The topological polar surface area (TPSA) is 4.93 Å². The van der Waals surface area contributed by atoms with Crippen molar-refractivity contribution in [3.63, 3.8) is 0 Å². The summed E-state index contributed by atoms with van der Waals surface area (Å²) in [6.07, 6.45) is 2.01. The van der Waals surface area contributed by atoms with Crippen molar-refractivity contribution in [2.24, 2.45) is 0 Å². The monoisotopic (exact) mass is 337 g/mol. The third-order valence-corrected chi connectivity index (χ3v) is 4.07. The van der Waals surface area contributed by atoms with E-state index in [1.54, 1.807) is 6.07 Å². The summed E-state index contributed by atoms with van der Waals surface area (Å²) in [5.41, 5.74) is 2.10. The minimum absolute atomic E-state index is 0.240. The van der Waals surface area contributed by atoms with Crippen LogP contribution >= 0.6 is 27.5 Å². The molecule has 0 atom stereocenters. The maximum absolute atomic E-state index is 13.1. The van der Waals surface area contributed by atoms with Gasteiger partial charge in [-0.2, -0.15) is 0 Å². The number of aromatic nitrogens is 1. The lowest BCUT2D eigenvalue weighted by molar-refractivity contribution is 0.625. The van der Waals surface area contributed by atoms with Crippen molar-refractivity contribution in [1.82, 2.24) is 4.57 Å². The molecule has 0 radical (unpaired) electrons. The van der Waals surface area contributed by atoms with Crippen LogP contribution < -0.4 is 0 Å². The SMILES string of the molecule is Fc1ccc(Cn2ccc3ccc(Cl)cc32)c(Br)c1. The van der Waals surface area contributed by atoms with Crippen LogP contribution in [0.25, 0.3) is 10.9 Å². The van der Waals surface area contributed by atoms with Crippen LogP contribution in [0.15, 0.2) is 53.1 Å². The maximum atomic E-state index is 13.1. The zero-order valence-corrected chi connectivity index (χ0v) is 12.2. The third kappa shape index (κ3) is 2.53. The molecular formula is C15H10BrClFN. The second-order valence-corrected chi connectivity index (χ2v) is 5.67. The Morgan fingerprint density at radius 1 is 1.11 bits per heavy atom. The molecule has 19 heavy (non-hydrogen) atoms. The van der Waals surface area contributed by atoms with E-state index < -0.39 is 0 Å². The first-order chi connectivity index (χ1) is 9.13. The highest BCUT2D eigenvalue weighted by Gasteiger charge is 2.06. The van der Waals surface area contributed by atoms with E-state index in [-0.39, 0.29) is 5.82 Å². The van der Waals surface area contributed by atoms with Gasteiger partial charge in [-0.25, -0.2) is 4.39 Å². The summed E-state index contributed by atoms with van der Waals surface area (Å²) >= 11 is 9.42. The molecule has 0 N–H and O–H groups in total. The second-order valence-electron chi connectivity index (χ2n) is 4.38. The average Bonchev–Trinajstić information content (AvgIpc) is 2.75. The van der Waals surface area contributed by atoms with E-state index >= 15 is 0 Å². The summed E-state index contributed by atoms with van der Waals surface area (Å²) in [5, 5.41) is 1.85. The summed E-state index contributed by atoms with van der Waals surface area (Å²) in [6, 6.07) is 12.6. The molecule has 0 amide bonds. The first-order valence-corrected chi connectivity index (χ1v) is 6.99. The largest absolute Gasteiger partial charge is 0.343 e. The van der Waals surface area contributed by atoms with Gasteiger partial charge in [0.05, 0.1) is 0 Å². The molecule has 0 spiro atoms. The molecule has 0 bridgehead atoms. The Morgan fingerprint density at radius 3 is 2.74 bits per heavy atom. The summed E-state index contributed by atoms with van der Waals surface area (Å²) in [7, 11) is 0. The van der Waals surface area contributed by atoms with Crippen LogP contribution in [0.3, 0.4) is 0 Å². The number of fused-ring (bicyclic) bond motifs is 1. The summed E-state index contributed by atoms with van der Waals surface area (Å²) in [6.45, 7) is 0.671. The van der Waals surface area contributed by atoms with Crippen LogP contribution in [-0.4, -0.2) is 4.57 Å². The molecule has 0 aliphatic carbocycles. The van der Waals surface area contributed by atoms with E-state index in [4.69, 9.17) is 11.6 Å². The molecule has 3 aromatic rings. The molecule has 0 saturated carbocycles. The van der Waals surface area contributed by atoms with Crippen molar-refractivity contribution in [2.75, 3.05) is 0 Å². The number of hydrogen-bond acceptors (Lipinski definition) is 0. The van der Waals surface area contributed by atoms with Crippen molar-refractivity contribution in [1.29, 1.82) is 0 Å². The molecule has 0 saturated heterocycles. The minimum atomic E-state index is -0.240. The first kappa shape index (κ1) is 12.7. The van der Waals surface area contributed by atoms with Gasteiger partial charge in [-0.1, -0.05) is 39.7 Å². The molecule has 0 fully saturated rings. The Hall–Kier alpha value is -1.32. The van der Waals surface area contributed by atoms with Crippen molar-refractivity contribution in [3.05, 3.63) is 69.5 Å². The number of halogens is 3. The van der Waals surface area contributed by atoms with Crippen LogP contribution in [0, 0.1) is 5.82 Å². The molecule has 1 aromatic heterocycles. The zero-order valence-electron chi connectivity index (χ0n) is 9.91. The van der Waals surface area contributed by atoms with Gasteiger partial charge in [0.2, 0.25) is 0 Å². The number of benzene rings is 2. The van der Waals surface area contributed by atoms with E-state index in [0.717, 1.165) is 20.9 Å². The fourth-order valence-corrected chi connectivity index (χ4v) is 2.77. The van der Waals surface area contributed by atoms with Crippen LogP contribution in [0.4, 0.5) is 4.39 Å². The standard InChI is InChI=1S/C15H10BrClFN/c16-14-8-13(18)4-2-11(14)9-19-6-5-10-1-3-12(17)7-15(10)19/h1-8H,9H2. The predicted octanol–water partition coefficient (Wildman–Crippen LogP) is 5.24. The quantitative estimate of drug-likeness (QED) is 0.602. The summed E-state index contributed by atoms with van der Waals surface area (Å²) in [4.78, 5) is 0. The second kappa shape index (κ2) is 4.99. The molecule has 3 rings (SSSR count). The van der Waals surface area contributed by atoms with Gasteiger partial charge >= 0.3 is 0 Å². The number of nitrogens with zero attached hydrogens (tertiary/aromatic N) is 1. The molecule has 1 heterocycles. The van der Waals surface area contributed by atoms with Crippen LogP contribution in [0.5, 0.6) is 0 Å². The average molecular weight is 339 g/mol. The van der Waals surface area contributed by atoms with E-state index in [1.807, 2.05) is 30.5 Å². The van der Waals surface area contributed by atoms with Crippen molar-refractivity contribution >= 4 is 38.4 Å². The Kier molecular flexibility index (Phi) is 3.33. The zero-order chi connectivity index (χ0) is 13.4. The van der Waals surface area contributed by atoms with E-state index in [9.17, 15) is 4.39 Å². The van der Waals surface area contributed by atoms with Gasteiger partial charge in [-0.05, 0) is 41.3 Å². The van der Waals surface area contributed by atoms with E-state index in [0.29, 0.717) is 11.6 Å². The Morgan fingerprint density at radius 2 is 1.95 bits per heavy atom. The molecule has 1 nitrogen and oxygen atoms in total. The fraction of sp³-hybridized carbons (Fsp3) is 0.0667. The Labute approximate surface area is 123 Å². The van der Waals surface area contributed by atoms with Gasteiger partial charge < -0.3 is 4.57 Å². The lowest BCUT2D eigenvalue weighted by Crippen LogP contribution is -1.99. The molecule has 0 aliphatic heterocycles. The van der Waals surface area contributed by atoms with Gasteiger partial charge in [-0.15, -0.1) is 0 Å². The van der Waals surface area contributed by atoms with Gasteiger partial charge in [0.1, 0.15) is 5.82 Å². The Bertz CT molecular complexity index is 751. The van der Waals surface area contributed by atoms with Crippen molar-refractivity contribution < 1.29 is 4.39 Å². The van der Waals surface area contributed by atoms with E-state index in [2.05, 4.69) is 20.5 Å². The van der Waals surface area contributed by atoms with Crippen LogP contribution in [-0.2, 0) is 6.54 Å². The lowest BCUT2D eigenvalue weighted by Gasteiger charge is -2.08. The molecular weight excluding hydrogens is 329 g/mol. The minimum Gasteiger partial charge on any atom is -0.343 e. The van der Waals surface area contributed by atoms with Gasteiger partial charge in [0, 0.05) is 27.8 Å². The normalized spacial score (nSPS) is 11.1. The first-order valence-electron chi connectivity index (χ1n) is 5.82. The van der Waals surface area contributed by atoms with Gasteiger partial charge in [0.25, 0.3) is 0 Å². The molecule has 4 heteroatoms. The van der Waals surface area contributed by atoms with Gasteiger partial charge in [0.15, 0.2) is 0 Å². The van der Waals surface area contributed by atoms with Crippen molar-refractivity contribution in [3.8, 4) is 0 Å². The molecule has 0 unspecified atom stereocenters. The smallest absolute Gasteiger partial charge is 0.124 e. The van der Waals surface area contributed by atoms with Gasteiger partial charge in [-0.3, -0.25) is 0 Å². The summed E-state index contributed by atoms with van der Waals surface area (Å²) in [5.74, 6) is -0.240. The number of hydrogen-bond donors (Lipinski definition) is 0. The summed E-state index contributed by atoms with van der Waals surface area (Å²) < 4.78 is 15.9. The molecule has 2 aromatic carbocycles. The van der Waals surface area contributed by atoms with Crippen molar-refractivity contribution in [2.45, 2.75) is 6.54 Å². The third-order valence-electron chi connectivity index (χ3n) is 3.09. The van der Waals surface area contributed by atoms with Crippen LogP contribution in [0.2, 0.25) is 5.02 Å².